The largest absolute Gasteiger partial charge is 0.316 e. The molecule has 0 fully saturated rings. The molecule has 0 atom stereocenters. The molecule has 8 heteroatoms. The van der Waals surface area contributed by atoms with Crippen LogP contribution in [0.4, 0.5) is 5.69 Å². The first kappa shape index (κ1) is 14.5. The van der Waals surface area contributed by atoms with Crippen molar-refractivity contribution in [3.05, 3.63) is 35.3 Å². The molecule has 0 bridgehead atoms. The van der Waals surface area contributed by atoms with Crippen molar-refractivity contribution < 1.29 is 8.42 Å². The van der Waals surface area contributed by atoms with E-state index in [4.69, 9.17) is 0 Å². The van der Waals surface area contributed by atoms with E-state index >= 15 is 0 Å². The van der Waals surface area contributed by atoms with Gasteiger partial charge in [-0.2, -0.15) is 13.5 Å². The fourth-order valence-electron chi connectivity index (χ4n) is 1.82. The van der Waals surface area contributed by atoms with Crippen molar-refractivity contribution in [3.8, 4) is 0 Å². The molecule has 0 unspecified atom stereocenters. The van der Waals surface area contributed by atoms with Gasteiger partial charge in [0.05, 0.1) is 11.4 Å². The van der Waals surface area contributed by atoms with Gasteiger partial charge in [-0.25, -0.2) is 0 Å². The summed E-state index contributed by atoms with van der Waals surface area (Å²) in [7, 11) is -1.99. The number of H-pyrrole nitrogens is 1. The maximum absolute atomic E-state index is 12.4. The lowest BCUT2D eigenvalue weighted by Gasteiger charge is -2.09. The summed E-state index contributed by atoms with van der Waals surface area (Å²) >= 11 is 0. The van der Waals surface area contributed by atoms with Gasteiger partial charge in [-0.1, -0.05) is 0 Å². The molecule has 0 radical (unpaired) electrons. The molecule has 2 rings (SSSR count). The SMILES string of the molecule is CNCc1c(S(=O)(=O)Nc2cccnc2C)n[nH]c1C. The monoisotopic (exact) mass is 295 g/mol. The Morgan fingerprint density at radius 3 is 2.75 bits per heavy atom. The number of sulfonamides is 1. The molecule has 0 saturated carbocycles. The minimum atomic E-state index is -3.74. The molecule has 2 aromatic heterocycles. The molecule has 20 heavy (non-hydrogen) atoms. The predicted octanol–water partition coefficient (Wildman–Crippen LogP) is 0.942. The summed E-state index contributed by atoms with van der Waals surface area (Å²) in [5, 5.41) is 9.54. The number of anilines is 1. The Labute approximate surface area is 117 Å². The first-order chi connectivity index (χ1) is 9.45. The highest BCUT2D eigenvalue weighted by molar-refractivity contribution is 7.92. The number of nitrogens with one attached hydrogen (secondary N) is 3. The van der Waals surface area contributed by atoms with E-state index in [1.165, 1.54) is 0 Å². The number of rotatable bonds is 5. The summed E-state index contributed by atoms with van der Waals surface area (Å²) in [6, 6.07) is 3.34. The number of hydrogen-bond acceptors (Lipinski definition) is 5. The molecular formula is C12H17N5O2S. The normalized spacial score (nSPS) is 11.6. The van der Waals surface area contributed by atoms with Gasteiger partial charge >= 0.3 is 0 Å². The molecular weight excluding hydrogens is 278 g/mol. The second-order valence-corrected chi connectivity index (χ2v) is 6.00. The third kappa shape index (κ3) is 2.81. The molecule has 108 valence electrons. The first-order valence-corrected chi connectivity index (χ1v) is 7.57. The molecule has 2 aromatic rings. The molecule has 0 aliphatic heterocycles. The summed E-state index contributed by atoms with van der Waals surface area (Å²) in [4.78, 5) is 4.05. The van der Waals surface area contributed by atoms with Crippen molar-refractivity contribution in [2.75, 3.05) is 11.8 Å². The van der Waals surface area contributed by atoms with E-state index in [0.29, 0.717) is 23.5 Å². The highest BCUT2D eigenvalue weighted by Gasteiger charge is 2.24. The van der Waals surface area contributed by atoms with Crippen LogP contribution in [0.3, 0.4) is 0 Å². The molecule has 0 aliphatic carbocycles. The van der Waals surface area contributed by atoms with Crippen LogP contribution in [0.15, 0.2) is 23.4 Å². The van der Waals surface area contributed by atoms with E-state index in [9.17, 15) is 8.42 Å². The smallest absolute Gasteiger partial charge is 0.281 e. The average Bonchev–Trinajstić information content (AvgIpc) is 2.75. The van der Waals surface area contributed by atoms with Crippen molar-refractivity contribution in [2.24, 2.45) is 0 Å². The lowest BCUT2D eigenvalue weighted by Crippen LogP contribution is -2.18. The summed E-state index contributed by atoms with van der Waals surface area (Å²) in [5.74, 6) is 0. The summed E-state index contributed by atoms with van der Waals surface area (Å²) < 4.78 is 27.3. The third-order valence-corrected chi connectivity index (χ3v) is 4.23. The van der Waals surface area contributed by atoms with Crippen LogP contribution in [-0.2, 0) is 16.6 Å². The van der Waals surface area contributed by atoms with Gasteiger partial charge in [0.1, 0.15) is 0 Å². The van der Waals surface area contributed by atoms with E-state index in [0.717, 1.165) is 5.69 Å². The van der Waals surface area contributed by atoms with Crippen LogP contribution in [0.5, 0.6) is 0 Å². The van der Waals surface area contributed by atoms with Crippen molar-refractivity contribution in [1.29, 1.82) is 0 Å². The minimum absolute atomic E-state index is 0.00704. The number of aryl methyl sites for hydroxylation is 2. The van der Waals surface area contributed by atoms with Crippen LogP contribution in [0, 0.1) is 13.8 Å². The van der Waals surface area contributed by atoms with Crippen LogP contribution in [0.2, 0.25) is 0 Å². The van der Waals surface area contributed by atoms with Gasteiger partial charge in [-0.15, -0.1) is 0 Å². The molecule has 0 spiro atoms. The summed E-state index contributed by atoms with van der Waals surface area (Å²) in [5.41, 5.74) is 2.41. The van der Waals surface area contributed by atoms with E-state index in [2.05, 4.69) is 25.2 Å². The number of nitrogens with zero attached hydrogens (tertiary/aromatic N) is 2. The third-order valence-electron chi connectivity index (χ3n) is 2.90. The van der Waals surface area contributed by atoms with Gasteiger partial charge in [-0.3, -0.25) is 14.8 Å². The van der Waals surface area contributed by atoms with Crippen LogP contribution in [0.25, 0.3) is 0 Å². The van der Waals surface area contributed by atoms with Crippen LogP contribution < -0.4 is 10.0 Å². The molecule has 2 heterocycles. The molecule has 0 aliphatic rings. The first-order valence-electron chi connectivity index (χ1n) is 6.08. The van der Waals surface area contributed by atoms with E-state index < -0.39 is 10.0 Å². The second kappa shape index (κ2) is 5.59. The molecule has 0 amide bonds. The lowest BCUT2D eigenvalue weighted by atomic mass is 10.3. The number of pyridine rings is 1. The zero-order chi connectivity index (χ0) is 14.8. The Morgan fingerprint density at radius 1 is 1.35 bits per heavy atom. The van der Waals surface area contributed by atoms with Gasteiger partial charge < -0.3 is 5.32 Å². The summed E-state index contributed by atoms with van der Waals surface area (Å²) in [6.07, 6.45) is 1.61. The molecule has 0 saturated heterocycles. The predicted molar refractivity (Wildman–Crippen MR) is 75.9 cm³/mol. The Kier molecular flexibility index (Phi) is 4.05. The maximum atomic E-state index is 12.4. The quantitative estimate of drug-likeness (QED) is 0.762. The number of hydrogen-bond donors (Lipinski definition) is 3. The van der Waals surface area contributed by atoms with Gasteiger partial charge in [0.15, 0.2) is 0 Å². The van der Waals surface area contributed by atoms with Gasteiger partial charge in [-0.05, 0) is 33.0 Å². The highest BCUT2D eigenvalue weighted by Crippen LogP contribution is 2.20. The Morgan fingerprint density at radius 2 is 2.10 bits per heavy atom. The van der Waals surface area contributed by atoms with Gasteiger partial charge in [0.25, 0.3) is 10.0 Å². The zero-order valence-electron chi connectivity index (χ0n) is 11.6. The standard InChI is InChI=1S/C12H17N5O2S/c1-8-10(7-13-3)12(16-15-8)20(18,19)17-11-5-4-6-14-9(11)2/h4-6,13,17H,7H2,1-3H3,(H,15,16). The molecule has 3 N–H and O–H groups in total. The van der Waals surface area contributed by atoms with E-state index in [1.54, 1.807) is 39.2 Å². The van der Waals surface area contributed by atoms with Crippen LogP contribution in [-0.4, -0.2) is 30.6 Å². The topological polar surface area (TPSA) is 99.8 Å². The van der Waals surface area contributed by atoms with Crippen molar-refractivity contribution >= 4 is 15.7 Å². The minimum Gasteiger partial charge on any atom is -0.316 e. The fraction of sp³-hybridized carbons (Fsp3) is 0.333. The van der Waals surface area contributed by atoms with Crippen molar-refractivity contribution in [3.63, 3.8) is 0 Å². The molecule has 7 nitrogen and oxygen atoms in total. The Hall–Kier alpha value is -1.93. The van der Waals surface area contributed by atoms with E-state index in [-0.39, 0.29) is 5.03 Å². The average molecular weight is 295 g/mol. The van der Waals surface area contributed by atoms with Gasteiger partial charge in [0.2, 0.25) is 5.03 Å². The fourth-order valence-corrected chi connectivity index (χ4v) is 3.14. The van der Waals surface area contributed by atoms with Gasteiger partial charge in [0, 0.05) is 24.0 Å². The van der Waals surface area contributed by atoms with Crippen molar-refractivity contribution in [1.82, 2.24) is 20.5 Å². The second-order valence-electron chi connectivity index (χ2n) is 4.40. The highest BCUT2D eigenvalue weighted by atomic mass is 32.2. The number of aromatic nitrogens is 3. The zero-order valence-corrected chi connectivity index (χ0v) is 12.4. The lowest BCUT2D eigenvalue weighted by molar-refractivity contribution is 0.595. The van der Waals surface area contributed by atoms with Crippen LogP contribution >= 0.6 is 0 Å². The Bertz CT molecular complexity index is 708. The van der Waals surface area contributed by atoms with Crippen LogP contribution in [0.1, 0.15) is 17.0 Å². The maximum Gasteiger partial charge on any atom is 0.281 e. The molecule has 0 aromatic carbocycles. The van der Waals surface area contributed by atoms with E-state index in [1.807, 2.05) is 0 Å². The number of aromatic amines is 1. The Balaban J connectivity index is 2.39. The summed E-state index contributed by atoms with van der Waals surface area (Å²) in [6.45, 7) is 3.95. The van der Waals surface area contributed by atoms with Crippen molar-refractivity contribution in [2.45, 2.75) is 25.4 Å².